The SMILES string of the molecule is C[C@H](c1cccc(CN=C/C(=N\N)c2cc(-c3cccc(C#N)c3)nc(N)n2)n1)N1CCC[C@H]1C(=O)O. The van der Waals surface area contributed by atoms with Crippen molar-refractivity contribution in [3.63, 3.8) is 0 Å². The van der Waals surface area contributed by atoms with Crippen LogP contribution in [0.2, 0.25) is 0 Å². The molecule has 3 aromatic rings. The van der Waals surface area contributed by atoms with Crippen molar-refractivity contribution in [3.05, 3.63) is 71.2 Å². The minimum Gasteiger partial charge on any atom is -0.480 e. The van der Waals surface area contributed by atoms with Crippen LogP contribution in [0.4, 0.5) is 5.95 Å². The third-order valence-corrected chi connectivity index (χ3v) is 6.23. The largest absolute Gasteiger partial charge is 0.480 e. The molecule has 188 valence electrons. The molecule has 0 aliphatic carbocycles. The lowest BCUT2D eigenvalue weighted by atomic mass is 10.1. The minimum atomic E-state index is -0.801. The van der Waals surface area contributed by atoms with Crippen molar-refractivity contribution in [2.24, 2.45) is 15.9 Å². The van der Waals surface area contributed by atoms with Gasteiger partial charge in [-0.05, 0) is 56.6 Å². The van der Waals surface area contributed by atoms with E-state index in [0.717, 1.165) is 24.4 Å². The Morgan fingerprint density at radius 3 is 2.84 bits per heavy atom. The van der Waals surface area contributed by atoms with Gasteiger partial charge >= 0.3 is 5.97 Å². The second-order valence-corrected chi connectivity index (χ2v) is 8.64. The number of hydrogen-bond acceptors (Lipinski definition) is 10. The van der Waals surface area contributed by atoms with Gasteiger partial charge in [0.25, 0.3) is 0 Å². The molecule has 11 heteroatoms. The summed E-state index contributed by atoms with van der Waals surface area (Å²) in [4.78, 5) is 31.2. The van der Waals surface area contributed by atoms with E-state index in [4.69, 9.17) is 16.6 Å². The van der Waals surface area contributed by atoms with Gasteiger partial charge in [-0.3, -0.25) is 19.7 Å². The first-order valence-corrected chi connectivity index (χ1v) is 11.8. The number of rotatable bonds is 8. The summed E-state index contributed by atoms with van der Waals surface area (Å²) in [6, 6.07) is 15.8. The van der Waals surface area contributed by atoms with E-state index >= 15 is 0 Å². The van der Waals surface area contributed by atoms with Crippen LogP contribution in [0.5, 0.6) is 0 Å². The van der Waals surface area contributed by atoms with Crippen LogP contribution in [0.25, 0.3) is 11.3 Å². The number of nitrogens with zero attached hydrogens (tertiary/aromatic N) is 7. The number of aliphatic carboxylic acids is 1. The second-order valence-electron chi connectivity index (χ2n) is 8.64. The van der Waals surface area contributed by atoms with Gasteiger partial charge in [-0.15, -0.1) is 0 Å². The van der Waals surface area contributed by atoms with E-state index in [0.29, 0.717) is 34.6 Å². The molecule has 1 aromatic carbocycles. The highest BCUT2D eigenvalue weighted by molar-refractivity contribution is 6.37. The van der Waals surface area contributed by atoms with Gasteiger partial charge in [-0.2, -0.15) is 10.4 Å². The molecule has 11 nitrogen and oxygen atoms in total. The molecular formula is C26H27N9O2. The Morgan fingerprint density at radius 2 is 2.08 bits per heavy atom. The van der Waals surface area contributed by atoms with E-state index in [2.05, 4.69) is 26.1 Å². The highest BCUT2D eigenvalue weighted by Crippen LogP contribution is 2.28. The van der Waals surface area contributed by atoms with Crippen molar-refractivity contribution >= 4 is 23.8 Å². The number of hydrazone groups is 1. The number of pyridine rings is 1. The van der Waals surface area contributed by atoms with Gasteiger partial charge in [-0.1, -0.05) is 18.2 Å². The average molecular weight is 498 g/mol. The zero-order valence-electron chi connectivity index (χ0n) is 20.3. The second kappa shape index (κ2) is 11.4. The Kier molecular flexibility index (Phi) is 7.80. The first-order chi connectivity index (χ1) is 17.9. The highest BCUT2D eigenvalue weighted by Gasteiger charge is 2.34. The fourth-order valence-electron chi connectivity index (χ4n) is 4.39. The number of nitriles is 1. The zero-order valence-corrected chi connectivity index (χ0v) is 20.3. The summed E-state index contributed by atoms with van der Waals surface area (Å²) in [6.07, 6.45) is 2.99. The molecule has 0 unspecified atom stereocenters. The van der Waals surface area contributed by atoms with Gasteiger partial charge in [-0.25, -0.2) is 9.97 Å². The molecule has 37 heavy (non-hydrogen) atoms. The summed E-state index contributed by atoms with van der Waals surface area (Å²) in [6.45, 7) is 2.96. The zero-order chi connectivity index (χ0) is 26.4. The lowest BCUT2D eigenvalue weighted by Gasteiger charge is -2.28. The van der Waals surface area contributed by atoms with E-state index in [-0.39, 0.29) is 18.5 Å². The fourth-order valence-corrected chi connectivity index (χ4v) is 4.39. The average Bonchev–Trinajstić information content (AvgIpc) is 3.41. The summed E-state index contributed by atoms with van der Waals surface area (Å²) in [5.74, 6) is 4.86. The van der Waals surface area contributed by atoms with Gasteiger partial charge in [0.1, 0.15) is 11.8 Å². The van der Waals surface area contributed by atoms with Crippen LogP contribution in [0, 0.1) is 11.3 Å². The lowest BCUT2D eigenvalue weighted by molar-refractivity contribution is -0.142. The Morgan fingerprint density at radius 1 is 1.27 bits per heavy atom. The fraction of sp³-hybridized carbons (Fsp3) is 0.269. The number of hydrogen-bond donors (Lipinski definition) is 3. The number of aromatic nitrogens is 3. The van der Waals surface area contributed by atoms with E-state index in [1.54, 1.807) is 24.3 Å². The summed E-state index contributed by atoms with van der Waals surface area (Å²) in [5, 5.41) is 22.5. The number of carboxylic acid groups (broad SMARTS) is 1. The summed E-state index contributed by atoms with van der Waals surface area (Å²) < 4.78 is 0. The highest BCUT2D eigenvalue weighted by atomic mass is 16.4. The smallest absolute Gasteiger partial charge is 0.320 e. The van der Waals surface area contributed by atoms with Crippen molar-refractivity contribution in [1.82, 2.24) is 19.9 Å². The first kappa shape index (κ1) is 25.4. The van der Waals surface area contributed by atoms with Crippen LogP contribution in [-0.2, 0) is 11.3 Å². The van der Waals surface area contributed by atoms with Crippen LogP contribution >= 0.6 is 0 Å². The van der Waals surface area contributed by atoms with Gasteiger partial charge in [0, 0.05) is 5.56 Å². The van der Waals surface area contributed by atoms with Crippen LogP contribution in [0.15, 0.2) is 58.6 Å². The number of anilines is 1. The van der Waals surface area contributed by atoms with Crippen LogP contribution in [-0.4, -0.2) is 55.4 Å². The predicted molar refractivity (Wildman–Crippen MR) is 140 cm³/mol. The Labute approximate surface area is 214 Å². The number of carboxylic acids is 1. The Balaban J connectivity index is 1.50. The maximum atomic E-state index is 11.6. The molecule has 0 spiro atoms. The number of nitrogens with two attached hydrogens (primary N) is 2. The van der Waals surface area contributed by atoms with Crippen LogP contribution < -0.4 is 11.6 Å². The number of nitrogen functional groups attached to an aromatic ring is 1. The quantitative estimate of drug-likeness (QED) is 0.239. The van der Waals surface area contributed by atoms with E-state index < -0.39 is 12.0 Å². The Hall–Kier alpha value is -4.69. The molecule has 0 amide bonds. The summed E-state index contributed by atoms with van der Waals surface area (Å²) in [7, 11) is 0. The van der Waals surface area contributed by atoms with Gasteiger partial charge in [0.05, 0.1) is 53.2 Å². The number of likely N-dealkylation sites (tertiary alicyclic amines) is 1. The lowest BCUT2D eigenvalue weighted by Crippen LogP contribution is -2.38. The van der Waals surface area contributed by atoms with Crippen molar-refractivity contribution in [2.45, 2.75) is 38.4 Å². The molecule has 1 aliphatic rings. The van der Waals surface area contributed by atoms with Crippen molar-refractivity contribution in [2.75, 3.05) is 12.3 Å². The molecule has 1 saturated heterocycles. The molecule has 1 aliphatic heterocycles. The van der Waals surface area contributed by atoms with Crippen LogP contribution in [0.1, 0.15) is 48.5 Å². The van der Waals surface area contributed by atoms with E-state index in [1.807, 2.05) is 36.1 Å². The molecular weight excluding hydrogens is 470 g/mol. The molecule has 0 bridgehead atoms. The summed E-state index contributed by atoms with van der Waals surface area (Å²) in [5.41, 5.74) is 9.87. The monoisotopic (exact) mass is 497 g/mol. The third-order valence-electron chi connectivity index (χ3n) is 6.23. The van der Waals surface area contributed by atoms with Crippen molar-refractivity contribution in [3.8, 4) is 17.3 Å². The van der Waals surface area contributed by atoms with Gasteiger partial charge < -0.3 is 16.7 Å². The predicted octanol–water partition coefficient (Wildman–Crippen LogP) is 2.54. The molecule has 2 aromatic heterocycles. The number of aliphatic imine (C=N–C) groups is 1. The summed E-state index contributed by atoms with van der Waals surface area (Å²) >= 11 is 0. The van der Waals surface area contributed by atoms with Crippen molar-refractivity contribution < 1.29 is 9.90 Å². The minimum absolute atomic E-state index is 0.0364. The van der Waals surface area contributed by atoms with E-state index in [9.17, 15) is 15.2 Å². The molecule has 0 radical (unpaired) electrons. The topological polar surface area (TPSA) is 180 Å². The molecule has 0 saturated carbocycles. The first-order valence-electron chi connectivity index (χ1n) is 11.8. The van der Waals surface area contributed by atoms with Crippen LogP contribution in [0.3, 0.4) is 0 Å². The third kappa shape index (κ3) is 5.94. The molecule has 1 fully saturated rings. The normalized spacial score (nSPS) is 17.1. The van der Waals surface area contributed by atoms with Gasteiger partial charge in [0.2, 0.25) is 5.95 Å². The van der Waals surface area contributed by atoms with Gasteiger partial charge in [0.15, 0.2) is 0 Å². The number of benzene rings is 1. The molecule has 2 atom stereocenters. The maximum absolute atomic E-state index is 11.6. The number of carbonyl (C=O) groups is 1. The van der Waals surface area contributed by atoms with Crippen molar-refractivity contribution in [1.29, 1.82) is 5.26 Å². The standard InChI is InChI=1S/C26H27N9O2/c1-16(35-10-4-9-24(35)25(36)37)20-8-3-7-19(31-20)14-30-15-23(34-29)22-12-21(32-26(28)33-22)18-6-2-5-17(11-18)13-27/h2-3,5-8,11-12,15-16,24H,4,9-10,14,29H2,1H3,(H,36,37)(H2,28,32,33)/b30-15?,34-23+/t16-,24+/m1/s1. The Bertz CT molecular complexity index is 1400. The molecule has 4 rings (SSSR count). The van der Waals surface area contributed by atoms with E-state index in [1.165, 1.54) is 6.21 Å². The molecule has 3 heterocycles. The maximum Gasteiger partial charge on any atom is 0.320 e. The molecule has 5 N–H and O–H groups in total.